The Labute approximate surface area is 121 Å². The zero-order valence-electron chi connectivity index (χ0n) is 12.9. The van der Waals surface area contributed by atoms with Crippen LogP contribution in [0.2, 0.25) is 0 Å². The average molecular weight is 275 g/mol. The van der Waals surface area contributed by atoms with Gasteiger partial charge in [0.15, 0.2) is 0 Å². The van der Waals surface area contributed by atoms with E-state index in [1.165, 1.54) is 19.3 Å². The summed E-state index contributed by atoms with van der Waals surface area (Å²) in [6, 6.07) is 3.76. The van der Waals surface area contributed by atoms with Gasteiger partial charge in [-0.2, -0.15) is 0 Å². The molecule has 1 aliphatic rings. The van der Waals surface area contributed by atoms with E-state index in [2.05, 4.69) is 24.1 Å². The summed E-state index contributed by atoms with van der Waals surface area (Å²) in [6.07, 6.45) is 3.82. The standard InChI is InChI=1S/C16H25N3O/c1-11(2)14-8-13(9-15(17-3)18-14)16(20)19(4)10-12-6-5-7-12/h8-9,11-12H,5-7,10H2,1-4H3,(H,17,18). The lowest BCUT2D eigenvalue weighted by molar-refractivity contribution is 0.0745. The van der Waals surface area contributed by atoms with Crippen molar-refractivity contribution in [1.82, 2.24) is 9.88 Å². The molecule has 1 aliphatic carbocycles. The fourth-order valence-corrected chi connectivity index (χ4v) is 2.47. The van der Waals surface area contributed by atoms with Crippen LogP contribution in [0.15, 0.2) is 12.1 Å². The van der Waals surface area contributed by atoms with Gasteiger partial charge in [0, 0.05) is 31.9 Å². The summed E-state index contributed by atoms with van der Waals surface area (Å²) >= 11 is 0. The maximum Gasteiger partial charge on any atom is 0.253 e. The van der Waals surface area contributed by atoms with Crippen molar-refractivity contribution < 1.29 is 4.79 Å². The second-order valence-corrected chi connectivity index (χ2v) is 6.05. The summed E-state index contributed by atoms with van der Waals surface area (Å²) in [5, 5.41) is 3.04. The molecule has 0 radical (unpaired) electrons. The molecule has 0 atom stereocenters. The van der Waals surface area contributed by atoms with Crippen molar-refractivity contribution in [3.63, 3.8) is 0 Å². The molecule has 1 aromatic rings. The molecular weight excluding hydrogens is 250 g/mol. The molecule has 20 heavy (non-hydrogen) atoms. The van der Waals surface area contributed by atoms with Gasteiger partial charge in [-0.1, -0.05) is 20.3 Å². The van der Waals surface area contributed by atoms with Gasteiger partial charge in [-0.05, 0) is 36.8 Å². The monoisotopic (exact) mass is 275 g/mol. The van der Waals surface area contributed by atoms with Crippen molar-refractivity contribution in [3.8, 4) is 0 Å². The van der Waals surface area contributed by atoms with E-state index < -0.39 is 0 Å². The van der Waals surface area contributed by atoms with E-state index in [0.717, 1.165) is 23.6 Å². The second kappa shape index (κ2) is 6.25. The number of carbonyl (C=O) groups excluding carboxylic acids is 1. The maximum atomic E-state index is 12.5. The number of carbonyl (C=O) groups is 1. The van der Waals surface area contributed by atoms with Crippen molar-refractivity contribution in [2.24, 2.45) is 5.92 Å². The molecule has 2 rings (SSSR count). The smallest absolute Gasteiger partial charge is 0.253 e. The van der Waals surface area contributed by atoms with Crippen LogP contribution in [-0.4, -0.2) is 36.4 Å². The third-order valence-electron chi connectivity index (χ3n) is 4.04. The number of hydrogen-bond donors (Lipinski definition) is 1. The number of nitrogens with zero attached hydrogens (tertiary/aromatic N) is 2. The Bertz CT molecular complexity index is 481. The highest BCUT2D eigenvalue weighted by Crippen LogP contribution is 2.27. The van der Waals surface area contributed by atoms with Crippen molar-refractivity contribution in [2.75, 3.05) is 26.0 Å². The van der Waals surface area contributed by atoms with E-state index in [4.69, 9.17) is 0 Å². The van der Waals surface area contributed by atoms with Crippen LogP contribution >= 0.6 is 0 Å². The normalized spacial score (nSPS) is 15.1. The van der Waals surface area contributed by atoms with Gasteiger partial charge in [-0.15, -0.1) is 0 Å². The lowest BCUT2D eigenvalue weighted by atomic mass is 9.85. The highest BCUT2D eigenvalue weighted by Gasteiger charge is 2.22. The summed E-state index contributed by atoms with van der Waals surface area (Å²) in [6.45, 7) is 5.05. The molecular formula is C16H25N3O. The first-order valence-corrected chi connectivity index (χ1v) is 7.46. The molecule has 4 nitrogen and oxygen atoms in total. The molecule has 0 aliphatic heterocycles. The Kier molecular flexibility index (Phi) is 4.63. The van der Waals surface area contributed by atoms with E-state index in [9.17, 15) is 4.79 Å². The minimum Gasteiger partial charge on any atom is -0.373 e. The zero-order chi connectivity index (χ0) is 14.7. The molecule has 1 amide bonds. The Morgan fingerprint density at radius 1 is 1.45 bits per heavy atom. The summed E-state index contributed by atoms with van der Waals surface area (Å²) < 4.78 is 0. The van der Waals surface area contributed by atoms with Crippen LogP contribution in [0.5, 0.6) is 0 Å². The highest BCUT2D eigenvalue weighted by molar-refractivity contribution is 5.94. The molecule has 1 fully saturated rings. The Morgan fingerprint density at radius 2 is 2.15 bits per heavy atom. The molecule has 1 heterocycles. The average Bonchev–Trinajstić information content (AvgIpc) is 2.41. The maximum absolute atomic E-state index is 12.5. The lowest BCUT2D eigenvalue weighted by Crippen LogP contribution is -2.34. The second-order valence-electron chi connectivity index (χ2n) is 6.05. The molecule has 4 heteroatoms. The molecule has 0 spiro atoms. The topological polar surface area (TPSA) is 45.2 Å². The predicted molar refractivity (Wildman–Crippen MR) is 82.2 cm³/mol. The van der Waals surface area contributed by atoms with Gasteiger partial charge in [-0.3, -0.25) is 4.79 Å². The first-order valence-electron chi connectivity index (χ1n) is 7.46. The van der Waals surface area contributed by atoms with E-state index >= 15 is 0 Å². The summed E-state index contributed by atoms with van der Waals surface area (Å²) in [5.41, 5.74) is 1.69. The lowest BCUT2D eigenvalue weighted by Gasteiger charge is -2.30. The van der Waals surface area contributed by atoms with Crippen LogP contribution in [0.3, 0.4) is 0 Å². The number of aromatic nitrogens is 1. The summed E-state index contributed by atoms with van der Waals surface area (Å²) in [7, 11) is 3.73. The Balaban J connectivity index is 2.16. The SMILES string of the molecule is CNc1cc(C(=O)N(C)CC2CCC2)cc(C(C)C)n1. The first-order chi connectivity index (χ1) is 9.51. The Morgan fingerprint density at radius 3 is 2.65 bits per heavy atom. The van der Waals surface area contributed by atoms with Crippen LogP contribution in [0, 0.1) is 5.92 Å². The highest BCUT2D eigenvalue weighted by atomic mass is 16.2. The summed E-state index contributed by atoms with van der Waals surface area (Å²) in [4.78, 5) is 18.9. The minimum absolute atomic E-state index is 0.0951. The minimum atomic E-state index is 0.0951. The number of rotatable bonds is 5. The van der Waals surface area contributed by atoms with Crippen molar-refractivity contribution in [2.45, 2.75) is 39.0 Å². The largest absolute Gasteiger partial charge is 0.373 e. The molecule has 1 saturated carbocycles. The molecule has 0 bridgehead atoms. The van der Waals surface area contributed by atoms with Crippen LogP contribution in [0.1, 0.15) is 55.1 Å². The molecule has 0 unspecified atom stereocenters. The fraction of sp³-hybridized carbons (Fsp3) is 0.625. The Hall–Kier alpha value is -1.58. The third kappa shape index (κ3) is 3.30. The van der Waals surface area contributed by atoms with E-state index in [0.29, 0.717) is 11.8 Å². The molecule has 0 saturated heterocycles. The molecule has 1 aromatic heterocycles. The van der Waals surface area contributed by atoms with Crippen LogP contribution in [0.25, 0.3) is 0 Å². The number of pyridine rings is 1. The van der Waals surface area contributed by atoms with Gasteiger partial charge in [-0.25, -0.2) is 4.98 Å². The predicted octanol–water partition coefficient (Wildman–Crippen LogP) is 3.12. The van der Waals surface area contributed by atoms with Gasteiger partial charge in [0.25, 0.3) is 5.91 Å². The zero-order valence-corrected chi connectivity index (χ0v) is 12.9. The van der Waals surface area contributed by atoms with Crippen molar-refractivity contribution >= 4 is 11.7 Å². The number of hydrogen-bond acceptors (Lipinski definition) is 3. The number of amides is 1. The first kappa shape index (κ1) is 14.8. The van der Waals surface area contributed by atoms with Crippen LogP contribution in [-0.2, 0) is 0 Å². The number of nitrogens with one attached hydrogen (secondary N) is 1. The van der Waals surface area contributed by atoms with Crippen molar-refractivity contribution in [1.29, 1.82) is 0 Å². The summed E-state index contributed by atoms with van der Waals surface area (Å²) in [5.74, 6) is 1.86. The van der Waals surface area contributed by atoms with E-state index in [1.54, 1.807) is 0 Å². The van der Waals surface area contributed by atoms with Crippen LogP contribution < -0.4 is 5.32 Å². The van der Waals surface area contributed by atoms with E-state index in [1.807, 2.05) is 31.1 Å². The quantitative estimate of drug-likeness (QED) is 0.898. The van der Waals surface area contributed by atoms with Crippen LogP contribution in [0.4, 0.5) is 5.82 Å². The van der Waals surface area contributed by atoms with Crippen molar-refractivity contribution in [3.05, 3.63) is 23.4 Å². The fourth-order valence-electron chi connectivity index (χ4n) is 2.47. The van der Waals surface area contributed by atoms with Gasteiger partial charge in [0.2, 0.25) is 0 Å². The molecule has 0 aromatic carbocycles. The molecule has 1 N–H and O–H groups in total. The van der Waals surface area contributed by atoms with E-state index in [-0.39, 0.29) is 5.91 Å². The van der Waals surface area contributed by atoms with Gasteiger partial charge in [0.05, 0.1) is 0 Å². The van der Waals surface area contributed by atoms with Gasteiger partial charge >= 0.3 is 0 Å². The number of anilines is 1. The molecule has 110 valence electrons. The third-order valence-corrected chi connectivity index (χ3v) is 4.04. The van der Waals surface area contributed by atoms with Gasteiger partial charge in [0.1, 0.15) is 5.82 Å². The van der Waals surface area contributed by atoms with Gasteiger partial charge < -0.3 is 10.2 Å².